The maximum absolute atomic E-state index is 13.0. The fraction of sp³-hybridized carbons (Fsp3) is 0.231. The first-order valence-corrected chi connectivity index (χ1v) is 11.0. The highest BCUT2D eigenvalue weighted by atomic mass is 79.9. The predicted molar refractivity (Wildman–Crippen MR) is 129 cm³/mol. The number of aryl methyl sites for hydroxylation is 2. The van der Waals surface area contributed by atoms with Crippen LogP contribution in [0.25, 0.3) is 0 Å². The number of carbonyl (C=O) groups excluding carboxylic acids is 2. The molecular weight excluding hydrogens is 488 g/mol. The second-order valence-corrected chi connectivity index (χ2v) is 8.18. The van der Waals surface area contributed by atoms with Gasteiger partial charge in [-0.2, -0.15) is 0 Å². The first-order chi connectivity index (χ1) is 15.9. The number of hydrogen-bond donors (Lipinski definition) is 0. The maximum Gasteiger partial charge on any atom is 0.233 e. The van der Waals surface area contributed by atoms with Gasteiger partial charge in [0.25, 0.3) is 0 Å². The highest BCUT2D eigenvalue weighted by Gasteiger charge is 2.21. The van der Waals surface area contributed by atoms with Crippen molar-refractivity contribution in [2.75, 3.05) is 28.4 Å². The number of benzene rings is 3. The zero-order chi connectivity index (χ0) is 24.0. The molecule has 0 aliphatic heterocycles. The predicted octanol–water partition coefficient (Wildman–Crippen LogP) is 5.33. The Morgan fingerprint density at radius 3 is 1.79 bits per heavy atom. The van der Waals surface area contributed by atoms with Crippen LogP contribution in [0.15, 0.2) is 59.1 Å². The summed E-state index contributed by atoms with van der Waals surface area (Å²) in [6.07, 6.45) is 1.41. The molecule has 0 N–H and O–H groups in total. The van der Waals surface area contributed by atoms with E-state index in [1.807, 2.05) is 24.3 Å². The number of methoxy groups -OCH3 is 4. The topological polar surface area (TPSA) is 71.1 Å². The van der Waals surface area contributed by atoms with Crippen LogP contribution in [0.5, 0.6) is 23.0 Å². The molecule has 0 bridgehead atoms. The van der Waals surface area contributed by atoms with Crippen LogP contribution in [0.2, 0.25) is 0 Å². The summed E-state index contributed by atoms with van der Waals surface area (Å²) in [5.74, 6) is 1.02. The maximum atomic E-state index is 13.0. The van der Waals surface area contributed by atoms with Crippen molar-refractivity contribution < 1.29 is 28.5 Å². The number of Topliss-reactive ketones (excluding diaryl/α,β-unsaturated/α-hetero) is 2. The molecule has 0 spiro atoms. The van der Waals surface area contributed by atoms with E-state index >= 15 is 0 Å². The summed E-state index contributed by atoms with van der Waals surface area (Å²) in [7, 11) is 6.19. The van der Waals surface area contributed by atoms with Crippen molar-refractivity contribution in [3.63, 3.8) is 0 Å². The standard InChI is InChI=1S/C26H25BrO6/c1-30-21-9-7-16(13-23(21)32-3)5-6-17-11-19(14-20(27)12-17)26(29)25(28)18-8-10-22(31-2)24(15-18)33-4/h7-15H,5-6H2,1-4H3. The van der Waals surface area contributed by atoms with Crippen LogP contribution in [0.4, 0.5) is 0 Å². The molecule has 0 atom stereocenters. The van der Waals surface area contributed by atoms with Gasteiger partial charge in [0.1, 0.15) is 0 Å². The Morgan fingerprint density at radius 2 is 1.15 bits per heavy atom. The Morgan fingerprint density at radius 1 is 0.606 bits per heavy atom. The quantitative estimate of drug-likeness (QED) is 0.270. The van der Waals surface area contributed by atoms with Crippen molar-refractivity contribution in [1.82, 2.24) is 0 Å². The molecule has 0 saturated heterocycles. The van der Waals surface area contributed by atoms with Gasteiger partial charge >= 0.3 is 0 Å². The van der Waals surface area contributed by atoms with E-state index in [4.69, 9.17) is 18.9 Å². The molecule has 7 heteroatoms. The van der Waals surface area contributed by atoms with E-state index in [1.54, 1.807) is 38.5 Å². The molecule has 33 heavy (non-hydrogen) atoms. The minimum absolute atomic E-state index is 0.240. The summed E-state index contributed by atoms with van der Waals surface area (Å²) in [6, 6.07) is 15.8. The number of ether oxygens (including phenoxy) is 4. The van der Waals surface area contributed by atoms with Gasteiger partial charge in [0.05, 0.1) is 28.4 Å². The van der Waals surface area contributed by atoms with Crippen molar-refractivity contribution in [2.24, 2.45) is 0 Å². The van der Waals surface area contributed by atoms with Gasteiger partial charge in [-0.05, 0) is 72.5 Å². The Labute approximate surface area is 201 Å². The lowest BCUT2D eigenvalue weighted by Crippen LogP contribution is -2.15. The van der Waals surface area contributed by atoms with Crippen LogP contribution in [0.3, 0.4) is 0 Å². The van der Waals surface area contributed by atoms with E-state index in [2.05, 4.69) is 15.9 Å². The van der Waals surface area contributed by atoms with Gasteiger partial charge in [0, 0.05) is 15.6 Å². The Kier molecular flexibility index (Phi) is 8.11. The zero-order valence-corrected chi connectivity index (χ0v) is 20.5. The van der Waals surface area contributed by atoms with E-state index < -0.39 is 11.6 Å². The minimum atomic E-state index is -0.611. The highest BCUT2D eigenvalue weighted by molar-refractivity contribution is 9.10. The van der Waals surface area contributed by atoms with Crippen LogP contribution in [-0.4, -0.2) is 40.0 Å². The van der Waals surface area contributed by atoms with Crippen molar-refractivity contribution in [3.05, 3.63) is 81.3 Å². The molecule has 0 amide bonds. The van der Waals surface area contributed by atoms with Gasteiger partial charge in [-0.1, -0.05) is 22.0 Å². The zero-order valence-electron chi connectivity index (χ0n) is 18.9. The molecule has 3 rings (SSSR count). The molecule has 0 fully saturated rings. The summed E-state index contributed by atoms with van der Waals surface area (Å²) >= 11 is 3.46. The second-order valence-electron chi connectivity index (χ2n) is 7.27. The minimum Gasteiger partial charge on any atom is -0.493 e. The number of halogens is 1. The van der Waals surface area contributed by atoms with E-state index in [1.165, 1.54) is 20.3 Å². The molecule has 0 heterocycles. The summed E-state index contributed by atoms with van der Waals surface area (Å²) in [4.78, 5) is 25.8. The fourth-order valence-electron chi connectivity index (χ4n) is 3.49. The van der Waals surface area contributed by atoms with Crippen molar-refractivity contribution in [2.45, 2.75) is 12.8 Å². The SMILES string of the molecule is COc1ccc(CCc2cc(Br)cc(C(=O)C(=O)c3ccc(OC)c(OC)c3)c2)cc1OC. The molecule has 6 nitrogen and oxygen atoms in total. The smallest absolute Gasteiger partial charge is 0.233 e. The van der Waals surface area contributed by atoms with Crippen LogP contribution in [0, 0.1) is 0 Å². The summed E-state index contributed by atoms with van der Waals surface area (Å²) < 4.78 is 21.8. The lowest BCUT2D eigenvalue weighted by Gasteiger charge is -2.11. The van der Waals surface area contributed by atoms with Crippen molar-refractivity contribution in [3.8, 4) is 23.0 Å². The second kappa shape index (κ2) is 11.0. The molecule has 3 aromatic carbocycles. The summed E-state index contributed by atoms with van der Waals surface area (Å²) in [5.41, 5.74) is 2.57. The lowest BCUT2D eigenvalue weighted by atomic mass is 9.97. The third-order valence-corrected chi connectivity index (χ3v) is 5.68. The first-order valence-electron chi connectivity index (χ1n) is 10.2. The van der Waals surface area contributed by atoms with Gasteiger partial charge in [-0.15, -0.1) is 0 Å². The number of hydrogen-bond acceptors (Lipinski definition) is 6. The summed E-state index contributed by atoms with van der Waals surface area (Å²) in [5, 5.41) is 0. The van der Waals surface area contributed by atoms with Crippen LogP contribution >= 0.6 is 15.9 Å². The Bertz CT molecular complexity index is 1170. The number of carbonyl (C=O) groups is 2. The average molecular weight is 513 g/mol. The van der Waals surface area contributed by atoms with E-state index in [-0.39, 0.29) is 5.56 Å². The van der Waals surface area contributed by atoms with E-state index in [0.717, 1.165) is 22.0 Å². The highest BCUT2D eigenvalue weighted by Crippen LogP contribution is 2.29. The number of rotatable bonds is 10. The summed E-state index contributed by atoms with van der Waals surface area (Å²) in [6.45, 7) is 0. The molecule has 0 radical (unpaired) electrons. The number of ketones is 2. The monoisotopic (exact) mass is 512 g/mol. The van der Waals surface area contributed by atoms with Gasteiger partial charge < -0.3 is 18.9 Å². The van der Waals surface area contributed by atoms with Gasteiger partial charge in [-0.25, -0.2) is 0 Å². The molecular formula is C26H25BrO6. The van der Waals surface area contributed by atoms with E-state index in [9.17, 15) is 9.59 Å². The third-order valence-electron chi connectivity index (χ3n) is 5.22. The first kappa shape index (κ1) is 24.3. The van der Waals surface area contributed by atoms with Crippen LogP contribution in [0.1, 0.15) is 31.8 Å². The fourth-order valence-corrected chi connectivity index (χ4v) is 4.03. The Hall–Kier alpha value is -3.32. The van der Waals surface area contributed by atoms with Crippen LogP contribution in [-0.2, 0) is 12.8 Å². The van der Waals surface area contributed by atoms with Crippen LogP contribution < -0.4 is 18.9 Å². The molecule has 3 aromatic rings. The van der Waals surface area contributed by atoms with Gasteiger partial charge in [0.2, 0.25) is 11.6 Å². The lowest BCUT2D eigenvalue weighted by molar-refractivity contribution is 0.0816. The molecule has 172 valence electrons. The van der Waals surface area contributed by atoms with Gasteiger partial charge in [0.15, 0.2) is 23.0 Å². The van der Waals surface area contributed by atoms with Crippen molar-refractivity contribution in [1.29, 1.82) is 0 Å². The van der Waals surface area contributed by atoms with E-state index in [0.29, 0.717) is 35.0 Å². The molecule has 0 aromatic heterocycles. The molecule has 0 aliphatic carbocycles. The van der Waals surface area contributed by atoms with Gasteiger partial charge in [-0.3, -0.25) is 9.59 Å². The molecule has 0 saturated carbocycles. The largest absolute Gasteiger partial charge is 0.493 e. The Balaban J connectivity index is 1.79. The average Bonchev–Trinajstić information content (AvgIpc) is 2.85. The third kappa shape index (κ3) is 5.73. The molecule has 0 aliphatic rings. The van der Waals surface area contributed by atoms with Crippen molar-refractivity contribution >= 4 is 27.5 Å². The normalized spacial score (nSPS) is 10.5. The molecule has 0 unspecified atom stereocenters.